The Morgan fingerprint density at radius 3 is 2.40 bits per heavy atom. The van der Waals surface area contributed by atoms with Crippen molar-refractivity contribution in [3.8, 4) is 0 Å². The fraction of sp³-hybridized carbons (Fsp3) is 0.867. The van der Waals surface area contributed by atoms with Gasteiger partial charge in [0.25, 0.3) is 5.91 Å². The van der Waals surface area contributed by atoms with Crippen LogP contribution < -0.4 is 0 Å². The summed E-state index contributed by atoms with van der Waals surface area (Å²) in [5, 5.41) is 12.0. The van der Waals surface area contributed by atoms with Gasteiger partial charge < -0.3 is 14.8 Å². The largest absolute Gasteiger partial charge is 0.411 e. The molecule has 1 aliphatic carbocycles. The van der Waals surface area contributed by atoms with Crippen molar-refractivity contribution in [2.45, 2.75) is 70.5 Å². The first-order valence-electron chi connectivity index (χ1n) is 7.84. The SMILES string of the molecule is CC(OC1CCC(=NO)CC1)C(=O)N1CCCCCC1. The lowest BCUT2D eigenvalue weighted by Gasteiger charge is -2.29. The van der Waals surface area contributed by atoms with Crippen LogP contribution in [0.1, 0.15) is 58.3 Å². The Morgan fingerprint density at radius 2 is 1.85 bits per heavy atom. The average molecular weight is 282 g/mol. The van der Waals surface area contributed by atoms with Crippen molar-refractivity contribution in [2.75, 3.05) is 13.1 Å². The normalized spacial score (nSPS) is 25.9. The molecule has 5 nitrogen and oxygen atoms in total. The summed E-state index contributed by atoms with van der Waals surface area (Å²) < 4.78 is 5.91. The molecule has 20 heavy (non-hydrogen) atoms. The van der Waals surface area contributed by atoms with Crippen LogP contribution in [0.4, 0.5) is 0 Å². The van der Waals surface area contributed by atoms with Gasteiger partial charge in [0, 0.05) is 13.1 Å². The van der Waals surface area contributed by atoms with E-state index in [1.54, 1.807) is 0 Å². The minimum absolute atomic E-state index is 0.117. The number of amides is 1. The highest BCUT2D eigenvalue weighted by Crippen LogP contribution is 2.21. The van der Waals surface area contributed by atoms with Gasteiger partial charge in [-0.15, -0.1) is 0 Å². The molecule has 1 aliphatic heterocycles. The molecule has 2 rings (SSSR count). The maximum Gasteiger partial charge on any atom is 0.251 e. The lowest BCUT2D eigenvalue weighted by Crippen LogP contribution is -2.41. The molecule has 5 heteroatoms. The van der Waals surface area contributed by atoms with Crippen LogP contribution in [0.5, 0.6) is 0 Å². The third-order valence-corrected chi connectivity index (χ3v) is 4.31. The Balaban J connectivity index is 1.78. The van der Waals surface area contributed by atoms with Gasteiger partial charge in [-0.05, 0) is 45.4 Å². The minimum Gasteiger partial charge on any atom is -0.411 e. The number of rotatable bonds is 3. The minimum atomic E-state index is -0.356. The van der Waals surface area contributed by atoms with Gasteiger partial charge in [-0.2, -0.15) is 0 Å². The summed E-state index contributed by atoms with van der Waals surface area (Å²) in [4.78, 5) is 14.3. The lowest BCUT2D eigenvalue weighted by molar-refractivity contribution is -0.146. The molecule has 0 spiro atoms. The molecule has 0 aromatic rings. The standard InChI is InChI=1S/C15H26N2O3/c1-12(15(18)17-10-4-2-3-5-11-17)20-14-8-6-13(16-19)7-9-14/h12,14,19H,2-11H2,1H3. The van der Waals surface area contributed by atoms with Gasteiger partial charge in [-0.1, -0.05) is 18.0 Å². The number of carbonyl (C=O) groups is 1. The zero-order chi connectivity index (χ0) is 14.4. The van der Waals surface area contributed by atoms with Gasteiger partial charge in [0.2, 0.25) is 0 Å². The number of ether oxygens (including phenoxy) is 1. The smallest absolute Gasteiger partial charge is 0.251 e. The third kappa shape index (κ3) is 4.20. The number of oxime groups is 1. The van der Waals surface area contributed by atoms with Crippen LogP contribution in [0, 0.1) is 0 Å². The predicted molar refractivity (Wildman–Crippen MR) is 77.1 cm³/mol. The summed E-state index contributed by atoms with van der Waals surface area (Å²) in [5.74, 6) is 0.133. The lowest BCUT2D eigenvalue weighted by atomic mass is 9.95. The monoisotopic (exact) mass is 282 g/mol. The molecule has 1 unspecified atom stereocenters. The topological polar surface area (TPSA) is 62.1 Å². The highest BCUT2D eigenvalue weighted by Gasteiger charge is 2.26. The highest BCUT2D eigenvalue weighted by atomic mass is 16.5. The zero-order valence-electron chi connectivity index (χ0n) is 12.4. The summed E-state index contributed by atoms with van der Waals surface area (Å²) in [6.45, 7) is 3.61. The maximum atomic E-state index is 12.4. The van der Waals surface area contributed by atoms with Crippen molar-refractivity contribution in [2.24, 2.45) is 5.16 Å². The van der Waals surface area contributed by atoms with Crippen molar-refractivity contribution < 1.29 is 14.7 Å². The van der Waals surface area contributed by atoms with Crippen LogP contribution in [-0.2, 0) is 9.53 Å². The second-order valence-electron chi connectivity index (χ2n) is 5.88. The maximum absolute atomic E-state index is 12.4. The van der Waals surface area contributed by atoms with Crippen LogP contribution in [0.25, 0.3) is 0 Å². The Bertz CT molecular complexity index is 339. The molecular weight excluding hydrogens is 256 g/mol. The van der Waals surface area contributed by atoms with E-state index in [1.807, 2.05) is 11.8 Å². The van der Waals surface area contributed by atoms with Crippen molar-refractivity contribution in [3.63, 3.8) is 0 Å². The Labute approximate surface area is 121 Å². The number of nitrogens with zero attached hydrogens (tertiary/aromatic N) is 2. The van der Waals surface area contributed by atoms with E-state index in [1.165, 1.54) is 12.8 Å². The van der Waals surface area contributed by atoms with Gasteiger partial charge in [0.15, 0.2) is 0 Å². The summed E-state index contributed by atoms with van der Waals surface area (Å²) in [6, 6.07) is 0. The van der Waals surface area contributed by atoms with Crippen LogP contribution in [0.2, 0.25) is 0 Å². The molecular formula is C15H26N2O3. The van der Waals surface area contributed by atoms with Crippen molar-refractivity contribution in [1.29, 1.82) is 0 Å². The molecule has 1 amide bonds. The van der Waals surface area contributed by atoms with Crippen LogP contribution in [-0.4, -0.2) is 47.0 Å². The summed E-state index contributed by atoms with van der Waals surface area (Å²) in [7, 11) is 0. The number of hydrogen-bond donors (Lipinski definition) is 1. The van der Waals surface area contributed by atoms with Gasteiger partial charge in [-0.3, -0.25) is 4.79 Å². The Kier molecular flexibility index (Phi) is 5.83. The molecule has 0 bridgehead atoms. The van der Waals surface area contributed by atoms with E-state index in [-0.39, 0.29) is 18.1 Å². The summed E-state index contributed by atoms with van der Waals surface area (Å²) in [6.07, 6.45) is 7.66. The molecule has 2 fully saturated rings. The van der Waals surface area contributed by atoms with Crippen LogP contribution >= 0.6 is 0 Å². The van der Waals surface area contributed by atoms with Crippen LogP contribution in [0.15, 0.2) is 5.16 Å². The van der Waals surface area contributed by atoms with E-state index in [9.17, 15) is 4.79 Å². The van der Waals surface area contributed by atoms with E-state index in [0.29, 0.717) is 0 Å². The van der Waals surface area contributed by atoms with Gasteiger partial charge in [0.1, 0.15) is 6.10 Å². The highest BCUT2D eigenvalue weighted by molar-refractivity contribution is 5.84. The number of hydrogen-bond acceptors (Lipinski definition) is 4. The number of carbonyl (C=O) groups excluding carboxylic acids is 1. The summed E-state index contributed by atoms with van der Waals surface area (Å²) in [5.41, 5.74) is 0.844. The molecule has 0 radical (unpaired) electrons. The first kappa shape index (κ1) is 15.3. The van der Waals surface area contributed by atoms with Crippen molar-refractivity contribution >= 4 is 11.6 Å². The molecule has 0 aromatic heterocycles. The third-order valence-electron chi connectivity index (χ3n) is 4.31. The first-order valence-corrected chi connectivity index (χ1v) is 7.84. The van der Waals surface area contributed by atoms with Crippen molar-refractivity contribution in [3.05, 3.63) is 0 Å². The van der Waals surface area contributed by atoms with Crippen LogP contribution in [0.3, 0.4) is 0 Å². The molecule has 2 aliphatic rings. The zero-order valence-corrected chi connectivity index (χ0v) is 12.4. The summed E-state index contributed by atoms with van der Waals surface area (Å²) >= 11 is 0. The molecule has 1 atom stereocenters. The molecule has 1 saturated carbocycles. The van der Waals surface area contributed by atoms with E-state index < -0.39 is 0 Å². The molecule has 0 aromatic carbocycles. The quantitative estimate of drug-likeness (QED) is 0.639. The number of likely N-dealkylation sites (tertiary alicyclic amines) is 1. The Morgan fingerprint density at radius 1 is 1.25 bits per heavy atom. The molecule has 1 N–H and O–H groups in total. The van der Waals surface area contributed by atoms with E-state index >= 15 is 0 Å². The fourth-order valence-corrected chi connectivity index (χ4v) is 3.06. The van der Waals surface area contributed by atoms with Crippen molar-refractivity contribution in [1.82, 2.24) is 4.90 Å². The molecule has 1 heterocycles. The molecule has 1 saturated heterocycles. The fourth-order valence-electron chi connectivity index (χ4n) is 3.06. The predicted octanol–water partition coefficient (Wildman–Crippen LogP) is 2.57. The Hall–Kier alpha value is -1.10. The van der Waals surface area contributed by atoms with Gasteiger partial charge in [0.05, 0.1) is 11.8 Å². The first-order chi connectivity index (χ1) is 9.70. The second kappa shape index (κ2) is 7.62. The van der Waals surface area contributed by atoms with Gasteiger partial charge in [-0.25, -0.2) is 0 Å². The van der Waals surface area contributed by atoms with E-state index in [4.69, 9.17) is 9.94 Å². The second-order valence-corrected chi connectivity index (χ2v) is 5.88. The average Bonchev–Trinajstić information content (AvgIpc) is 2.76. The van der Waals surface area contributed by atoms with E-state index in [2.05, 4.69) is 5.16 Å². The van der Waals surface area contributed by atoms with E-state index in [0.717, 1.165) is 57.3 Å². The molecule has 114 valence electrons. The van der Waals surface area contributed by atoms with Gasteiger partial charge >= 0.3 is 0 Å².